The lowest BCUT2D eigenvalue weighted by molar-refractivity contribution is -0.143. The van der Waals surface area contributed by atoms with Crippen molar-refractivity contribution in [2.24, 2.45) is 0 Å². The minimum atomic E-state index is -1.43. The summed E-state index contributed by atoms with van der Waals surface area (Å²) in [6, 6.07) is 0.932. The van der Waals surface area contributed by atoms with E-state index < -0.39 is 66.9 Å². The van der Waals surface area contributed by atoms with E-state index in [1.165, 1.54) is 24.3 Å². The Morgan fingerprint density at radius 2 is 1.57 bits per heavy atom. The molecular weight excluding hydrogens is 464 g/mol. The SMILES string of the molecule is O=C(O)CCC(NC(=O)C(CO)NC(=O)C1CCCN1)C(=O)NC(Cc1ccc(O)cc1)C(=O)O. The molecule has 1 fully saturated rings. The van der Waals surface area contributed by atoms with Gasteiger partial charge in [-0.05, 0) is 43.5 Å². The van der Waals surface area contributed by atoms with Gasteiger partial charge in [0.05, 0.1) is 12.6 Å². The Kier molecular flexibility index (Phi) is 10.4. The Balaban J connectivity index is 2.07. The summed E-state index contributed by atoms with van der Waals surface area (Å²) in [5.41, 5.74) is 0.505. The molecule has 4 atom stereocenters. The van der Waals surface area contributed by atoms with E-state index >= 15 is 0 Å². The van der Waals surface area contributed by atoms with Crippen molar-refractivity contribution in [1.82, 2.24) is 21.3 Å². The van der Waals surface area contributed by atoms with Crippen LogP contribution in [0.5, 0.6) is 5.75 Å². The summed E-state index contributed by atoms with van der Waals surface area (Å²) in [6.07, 6.45) is 0.350. The summed E-state index contributed by atoms with van der Waals surface area (Å²) in [4.78, 5) is 60.4. The lowest BCUT2D eigenvalue weighted by Gasteiger charge is -2.24. The van der Waals surface area contributed by atoms with E-state index in [1.54, 1.807) is 0 Å². The van der Waals surface area contributed by atoms with Crippen LogP contribution in [0.15, 0.2) is 24.3 Å². The number of carbonyl (C=O) groups excluding carboxylic acids is 3. The van der Waals surface area contributed by atoms with Crippen LogP contribution in [-0.2, 0) is 30.4 Å². The average Bonchev–Trinajstić information content (AvgIpc) is 3.35. The van der Waals surface area contributed by atoms with Gasteiger partial charge in [0.25, 0.3) is 0 Å². The molecule has 1 aromatic rings. The van der Waals surface area contributed by atoms with E-state index in [2.05, 4.69) is 21.3 Å². The first-order chi connectivity index (χ1) is 16.6. The smallest absolute Gasteiger partial charge is 0.326 e. The number of phenolic OH excluding ortho intramolecular Hbond substituents is 1. The molecule has 1 saturated heterocycles. The summed E-state index contributed by atoms with van der Waals surface area (Å²) in [7, 11) is 0. The molecule has 4 unspecified atom stereocenters. The molecule has 35 heavy (non-hydrogen) atoms. The predicted molar refractivity (Wildman–Crippen MR) is 120 cm³/mol. The van der Waals surface area contributed by atoms with Gasteiger partial charge in [-0.15, -0.1) is 0 Å². The van der Waals surface area contributed by atoms with E-state index in [9.17, 15) is 39.3 Å². The molecule has 1 aromatic carbocycles. The normalized spacial score (nSPS) is 17.6. The molecule has 1 aliphatic rings. The van der Waals surface area contributed by atoms with Gasteiger partial charge in [0.2, 0.25) is 17.7 Å². The number of carbonyl (C=O) groups is 5. The second kappa shape index (κ2) is 13.2. The van der Waals surface area contributed by atoms with Crippen molar-refractivity contribution in [3.05, 3.63) is 29.8 Å². The predicted octanol–water partition coefficient (Wildman–Crippen LogP) is -1.92. The Morgan fingerprint density at radius 3 is 2.11 bits per heavy atom. The molecule has 0 radical (unpaired) electrons. The van der Waals surface area contributed by atoms with Gasteiger partial charge < -0.3 is 41.7 Å². The molecule has 0 spiro atoms. The molecule has 0 saturated carbocycles. The number of aromatic hydroxyl groups is 1. The maximum atomic E-state index is 12.8. The van der Waals surface area contributed by atoms with Crippen molar-refractivity contribution in [2.75, 3.05) is 13.2 Å². The second-order valence-electron chi connectivity index (χ2n) is 8.16. The zero-order valence-electron chi connectivity index (χ0n) is 18.9. The summed E-state index contributed by atoms with van der Waals surface area (Å²) in [6.45, 7) is -0.128. The van der Waals surface area contributed by atoms with E-state index in [1.807, 2.05) is 0 Å². The Labute approximate surface area is 200 Å². The van der Waals surface area contributed by atoms with Crippen LogP contribution in [0.2, 0.25) is 0 Å². The highest BCUT2D eigenvalue weighted by atomic mass is 16.4. The van der Waals surface area contributed by atoms with Gasteiger partial charge in [0, 0.05) is 12.8 Å². The summed E-state index contributed by atoms with van der Waals surface area (Å²) in [5.74, 6) is -4.98. The molecule has 192 valence electrons. The van der Waals surface area contributed by atoms with Gasteiger partial charge in [0.15, 0.2) is 0 Å². The highest BCUT2D eigenvalue weighted by molar-refractivity contribution is 5.94. The molecule has 8 N–H and O–H groups in total. The molecule has 0 aliphatic carbocycles. The Hall–Kier alpha value is -3.71. The number of aliphatic hydroxyl groups is 1. The Bertz CT molecular complexity index is 916. The number of carboxylic acid groups (broad SMARTS) is 2. The molecule has 13 nitrogen and oxygen atoms in total. The maximum absolute atomic E-state index is 12.8. The molecule has 13 heteroatoms. The van der Waals surface area contributed by atoms with Crippen LogP contribution in [0.25, 0.3) is 0 Å². The standard InChI is InChI=1S/C22H30N4O9/c27-11-17(26-19(31)14-2-1-9-23-14)21(33)24-15(7-8-18(29)30)20(32)25-16(22(34)35)10-12-3-5-13(28)6-4-12/h3-6,14-17,23,27-28H,1-2,7-11H2,(H,24,33)(H,25,32)(H,26,31)(H,29,30)(H,34,35). The van der Waals surface area contributed by atoms with Gasteiger partial charge in [-0.1, -0.05) is 12.1 Å². The number of hydrogen-bond donors (Lipinski definition) is 8. The number of nitrogens with one attached hydrogen (secondary N) is 4. The summed E-state index contributed by atoms with van der Waals surface area (Å²) >= 11 is 0. The monoisotopic (exact) mass is 494 g/mol. The fourth-order valence-electron chi connectivity index (χ4n) is 3.52. The second-order valence-corrected chi connectivity index (χ2v) is 8.16. The van der Waals surface area contributed by atoms with Crippen LogP contribution in [0, 0.1) is 0 Å². The third-order valence-corrected chi connectivity index (χ3v) is 5.46. The lowest BCUT2D eigenvalue weighted by Crippen LogP contribution is -2.58. The fraction of sp³-hybridized carbons (Fsp3) is 0.500. The minimum absolute atomic E-state index is 0.0182. The van der Waals surface area contributed by atoms with Crippen molar-refractivity contribution in [1.29, 1.82) is 0 Å². The van der Waals surface area contributed by atoms with Gasteiger partial charge in [-0.3, -0.25) is 19.2 Å². The van der Waals surface area contributed by atoms with Crippen molar-refractivity contribution in [3.8, 4) is 5.75 Å². The van der Waals surface area contributed by atoms with Gasteiger partial charge in [0.1, 0.15) is 23.9 Å². The maximum Gasteiger partial charge on any atom is 0.326 e. The van der Waals surface area contributed by atoms with Gasteiger partial charge in [-0.2, -0.15) is 0 Å². The number of rotatable bonds is 13. The van der Waals surface area contributed by atoms with Crippen molar-refractivity contribution in [3.63, 3.8) is 0 Å². The number of phenols is 1. The van der Waals surface area contributed by atoms with E-state index in [-0.39, 0.29) is 18.6 Å². The Morgan fingerprint density at radius 1 is 0.943 bits per heavy atom. The fourth-order valence-corrected chi connectivity index (χ4v) is 3.52. The largest absolute Gasteiger partial charge is 0.508 e. The van der Waals surface area contributed by atoms with Crippen LogP contribution in [0.4, 0.5) is 0 Å². The van der Waals surface area contributed by atoms with Crippen LogP contribution >= 0.6 is 0 Å². The first kappa shape index (κ1) is 27.5. The number of amides is 3. The van der Waals surface area contributed by atoms with Crippen LogP contribution < -0.4 is 21.3 Å². The van der Waals surface area contributed by atoms with Crippen molar-refractivity contribution in [2.45, 2.75) is 56.3 Å². The van der Waals surface area contributed by atoms with E-state index in [4.69, 9.17) is 5.11 Å². The highest BCUT2D eigenvalue weighted by Crippen LogP contribution is 2.12. The summed E-state index contributed by atoms with van der Waals surface area (Å²) < 4.78 is 0. The molecule has 0 aromatic heterocycles. The molecule has 1 aliphatic heterocycles. The first-order valence-corrected chi connectivity index (χ1v) is 11.1. The van der Waals surface area contributed by atoms with Gasteiger partial charge in [-0.25, -0.2) is 4.79 Å². The zero-order valence-corrected chi connectivity index (χ0v) is 18.9. The lowest BCUT2D eigenvalue weighted by atomic mass is 10.0. The first-order valence-electron chi connectivity index (χ1n) is 11.1. The highest BCUT2D eigenvalue weighted by Gasteiger charge is 2.31. The number of hydrogen-bond acceptors (Lipinski definition) is 8. The van der Waals surface area contributed by atoms with Crippen LogP contribution in [-0.4, -0.2) is 87.4 Å². The molecule has 1 heterocycles. The van der Waals surface area contributed by atoms with E-state index in [0.717, 1.165) is 6.42 Å². The average molecular weight is 495 g/mol. The third kappa shape index (κ3) is 8.87. The minimum Gasteiger partial charge on any atom is -0.508 e. The van der Waals surface area contributed by atoms with Crippen molar-refractivity contribution >= 4 is 29.7 Å². The van der Waals surface area contributed by atoms with Crippen molar-refractivity contribution < 1.29 is 44.4 Å². The van der Waals surface area contributed by atoms with E-state index in [0.29, 0.717) is 18.5 Å². The molecule has 2 rings (SSSR count). The molecule has 3 amide bonds. The van der Waals surface area contributed by atoms with Crippen LogP contribution in [0.3, 0.4) is 0 Å². The molecule has 0 bridgehead atoms. The number of aliphatic carboxylic acids is 2. The number of aliphatic hydroxyl groups excluding tert-OH is 1. The number of carboxylic acids is 2. The zero-order chi connectivity index (χ0) is 26.0. The quantitative estimate of drug-likeness (QED) is 0.152. The number of benzene rings is 1. The third-order valence-electron chi connectivity index (χ3n) is 5.46. The topological polar surface area (TPSA) is 214 Å². The van der Waals surface area contributed by atoms with Crippen LogP contribution in [0.1, 0.15) is 31.2 Å². The summed E-state index contributed by atoms with van der Waals surface area (Å²) in [5, 5.41) is 47.4. The molecular formula is C22H30N4O9. The van der Waals surface area contributed by atoms with Gasteiger partial charge >= 0.3 is 11.9 Å².